The second kappa shape index (κ2) is 7.10. The third-order valence-corrected chi connectivity index (χ3v) is 5.11. The Balaban J connectivity index is 1.97. The van der Waals surface area contributed by atoms with Gasteiger partial charge < -0.3 is 5.11 Å². The molecule has 2 rings (SSSR count). The largest absolute Gasteiger partial charge is 0.480 e. The van der Waals surface area contributed by atoms with E-state index >= 15 is 0 Å². The molecule has 2 aliphatic carbocycles. The van der Waals surface area contributed by atoms with Crippen molar-refractivity contribution in [1.29, 1.82) is 0 Å². The van der Waals surface area contributed by atoms with Crippen molar-refractivity contribution in [2.75, 3.05) is 6.54 Å². The van der Waals surface area contributed by atoms with Crippen LogP contribution >= 0.6 is 0 Å². The van der Waals surface area contributed by atoms with Crippen LogP contribution < -0.4 is 5.32 Å². The minimum Gasteiger partial charge on any atom is -0.480 e. The molecule has 2 atom stereocenters. The van der Waals surface area contributed by atoms with Crippen molar-refractivity contribution in [2.45, 2.75) is 95.8 Å². The van der Waals surface area contributed by atoms with Crippen molar-refractivity contribution in [2.24, 2.45) is 0 Å². The predicted octanol–water partition coefficient (Wildman–Crippen LogP) is 3.01. The van der Waals surface area contributed by atoms with Crippen LogP contribution in [0, 0.1) is 0 Å². The summed E-state index contributed by atoms with van der Waals surface area (Å²) in [4.78, 5) is 14.3. The minimum atomic E-state index is -0.663. The Kier molecular flexibility index (Phi) is 5.67. The fourth-order valence-corrected chi connectivity index (χ4v) is 3.71. The van der Waals surface area contributed by atoms with Crippen LogP contribution in [0.5, 0.6) is 0 Å². The molecule has 0 aromatic heterocycles. The summed E-state index contributed by atoms with van der Waals surface area (Å²) in [7, 11) is 0. The second-order valence-corrected chi connectivity index (χ2v) is 7.24. The molecule has 0 saturated heterocycles. The molecule has 0 amide bonds. The fraction of sp³-hybridized carbons (Fsp3) is 0.941. The first-order valence-corrected chi connectivity index (χ1v) is 8.75. The Morgan fingerprint density at radius 2 is 2.05 bits per heavy atom. The van der Waals surface area contributed by atoms with Crippen molar-refractivity contribution in [3.05, 3.63) is 0 Å². The summed E-state index contributed by atoms with van der Waals surface area (Å²) in [6.07, 6.45) is 8.56. The first-order valence-electron chi connectivity index (χ1n) is 8.75. The van der Waals surface area contributed by atoms with E-state index in [1.807, 2.05) is 0 Å². The summed E-state index contributed by atoms with van der Waals surface area (Å²) < 4.78 is 0. The molecule has 2 aliphatic rings. The molecule has 2 unspecified atom stereocenters. The number of hydrogen-bond donors (Lipinski definition) is 2. The van der Waals surface area contributed by atoms with Gasteiger partial charge in [0, 0.05) is 18.1 Å². The molecule has 0 spiro atoms. The molecular formula is C17H32N2O2. The van der Waals surface area contributed by atoms with Gasteiger partial charge in [0.2, 0.25) is 0 Å². The summed E-state index contributed by atoms with van der Waals surface area (Å²) in [5.41, 5.74) is -0.663. The normalized spacial score (nSPS) is 29.5. The summed E-state index contributed by atoms with van der Waals surface area (Å²) >= 11 is 0. The lowest BCUT2D eigenvalue weighted by Crippen LogP contribution is -2.52. The van der Waals surface area contributed by atoms with Crippen molar-refractivity contribution >= 4 is 5.97 Å². The van der Waals surface area contributed by atoms with Gasteiger partial charge in [-0.15, -0.1) is 0 Å². The summed E-state index contributed by atoms with van der Waals surface area (Å²) in [5.74, 6) is -0.644. The average Bonchev–Trinajstić information content (AvgIpc) is 3.12. The van der Waals surface area contributed by atoms with Gasteiger partial charge >= 0.3 is 5.97 Å². The molecule has 0 aromatic carbocycles. The molecule has 122 valence electrons. The quantitative estimate of drug-likeness (QED) is 0.642. The smallest absolute Gasteiger partial charge is 0.323 e. The standard InChI is InChI=1S/C17H32N2O2/c1-4-5-6-11-19(13(2)3)15-9-10-17(12-15,16(20)21)18-14-7-8-14/h13-15,18H,4-12H2,1-3H3,(H,20,21). The lowest BCUT2D eigenvalue weighted by molar-refractivity contribution is -0.145. The molecule has 2 N–H and O–H groups in total. The molecule has 2 saturated carbocycles. The highest BCUT2D eigenvalue weighted by atomic mass is 16.4. The summed E-state index contributed by atoms with van der Waals surface area (Å²) in [5, 5.41) is 13.1. The first kappa shape index (κ1) is 16.8. The Hall–Kier alpha value is -0.610. The van der Waals surface area contributed by atoms with Crippen LogP contribution in [0.25, 0.3) is 0 Å². The van der Waals surface area contributed by atoms with E-state index in [-0.39, 0.29) is 0 Å². The highest BCUT2D eigenvalue weighted by Crippen LogP contribution is 2.37. The van der Waals surface area contributed by atoms with Gasteiger partial charge in [-0.2, -0.15) is 0 Å². The number of nitrogens with zero attached hydrogens (tertiary/aromatic N) is 1. The van der Waals surface area contributed by atoms with E-state index in [9.17, 15) is 9.90 Å². The van der Waals surface area contributed by atoms with Crippen molar-refractivity contribution in [3.63, 3.8) is 0 Å². The highest BCUT2D eigenvalue weighted by molar-refractivity contribution is 5.79. The third kappa shape index (κ3) is 4.19. The fourth-order valence-electron chi connectivity index (χ4n) is 3.71. The van der Waals surface area contributed by atoms with Gasteiger partial charge in [-0.3, -0.25) is 15.0 Å². The molecule has 0 bridgehead atoms. The number of nitrogens with one attached hydrogen (secondary N) is 1. The maximum Gasteiger partial charge on any atom is 0.323 e. The maximum absolute atomic E-state index is 11.8. The van der Waals surface area contributed by atoms with E-state index < -0.39 is 11.5 Å². The van der Waals surface area contributed by atoms with Crippen molar-refractivity contribution < 1.29 is 9.90 Å². The molecule has 0 radical (unpaired) electrons. The van der Waals surface area contributed by atoms with Crippen molar-refractivity contribution in [3.8, 4) is 0 Å². The van der Waals surface area contributed by atoms with Gasteiger partial charge in [-0.05, 0) is 58.9 Å². The third-order valence-electron chi connectivity index (χ3n) is 5.11. The van der Waals surface area contributed by atoms with Gasteiger partial charge in [-0.25, -0.2) is 0 Å². The van der Waals surface area contributed by atoms with Crippen LogP contribution in [-0.4, -0.2) is 46.2 Å². The molecule has 0 aromatic rings. The summed E-state index contributed by atoms with van der Waals surface area (Å²) in [6, 6.07) is 1.37. The first-order chi connectivity index (χ1) is 9.98. The maximum atomic E-state index is 11.8. The Morgan fingerprint density at radius 3 is 2.57 bits per heavy atom. The Bertz CT molecular complexity index is 355. The van der Waals surface area contributed by atoms with Crippen LogP contribution in [0.15, 0.2) is 0 Å². The van der Waals surface area contributed by atoms with Gasteiger partial charge in [0.1, 0.15) is 5.54 Å². The lowest BCUT2D eigenvalue weighted by Gasteiger charge is -2.34. The zero-order valence-corrected chi connectivity index (χ0v) is 13.9. The molecule has 2 fully saturated rings. The lowest BCUT2D eigenvalue weighted by atomic mass is 9.96. The van der Waals surface area contributed by atoms with E-state index in [0.29, 0.717) is 18.1 Å². The zero-order valence-electron chi connectivity index (χ0n) is 13.9. The molecule has 0 aliphatic heterocycles. The molecule has 4 heteroatoms. The molecule has 21 heavy (non-hydrogen) atoms. The van der Waals surface area contributed by atoms with Crippen molar-refractivity contribution in [1.82, 2.24) is 10.2 Å². The number of hydrogen-bond acceptors (Lipinski definition) is 3. The van der Waals surface area contributed by atoms with Crippen LogP contribution in [0.1, 0.15) is 72.1 Å². The Labute approximate surface area is 129 Å². The van der Waals surface area contributed by atoms with Crippen LogP contribution in [0.4, 0.5) is 0 Å². The molecular weight excluding hydrogens is 264 g/mol. The Morgan fingerprint density at radius 1 is 1.33 bits per heavy atom. The SMILES string of the molecule is CCCCCN(C(C)C)C1CCC(NC2CC2)(C(=O)O)C1. The molecule has 4 nitrogen and oxygen atoms in total. The van der Waals surface area contributed by atoms with E-state index in [2.05, 4.69) is 31.0 Å². The molecule has 0 heterocycles. The number of carboxylic acids is 1. The number of unbranched alkanes of at least 4 members (excludes halogenated alkanes) is 2. The minimum absolute atomic E-state index is 0.421. The summed E-state index contributed by atoms with van der Waals surface area (Å²) in [6.45, 7) is 7.81. The van der Waals surface area contributed by atoms with E-state index in [0.717, 1.165) is 38.6 Å². The monoisotopic (exact) mass is 296 g/mol. The van der Waals surface area contributed by atoms with Crippen LogP contribution in [-0.2, 0) is 4.79 Å². The highest BCUT2D eigenvalue weighted by Gasteiger charge is 2.49. The van der Waals surface area contributed by atoms with Gasteiger partial charge in [0.25, 0.3) is 0 Å². The van der Waals surface area contributed by atoms with E-state index in [1.165, 1.54) is 19.3 Å². The topological polar surface area (TPSA) is 52.6 Å². The van der Waals surface area contributed by atoms with Gasteiger partial charge in [0.05, 0.1) is 0 Å². The second-order valence-electron chi connectivity index (χ2n) is 7.24. The van der Waals surface area contributed by atoms with Gasteiger partial charge in [0.15, 0.2) is 0 Å². The van der Waals surface area contributed by atoms with E-state index in [4.69, 9.17) is 0 Å². The average molecular weight is 296 g/mol. The number of carboxylic acid groups (broad SMARTS) is 1. The number of carbonyl (C=O) groups is 1. The number of rotatable bonds is 9. The number of aliphatic carboxylic acids is 1. The zero-order chi connectivity index (χ0) is 15.5. The van der Waals surface area contributed by atoms with E-state index in [1.54, 1.807) is 0 Å². The van der Waals surface area contributed by atoms with Crippen LogP contribution in [0.3, 0.4) is 0 Å². The van der Waals surface area contributed by atoms with Gasteiger partial charge in [-0.1, -0.05) is 19.8 Å². The predicted molar refractivity (Wildman–Crippen MR) is 85.5 cm³/mol. The van der Waals surface area contributed by atoms with Crippen LogP contribution in [0.2, 0.25) is 0 Å².